The van der Waals surface area contributed by atoms with Gasteiger partial charge in [0.05, 0.1) is 17.9 Å². The van der Waals surface area contributed by atoms with E-state index in [0.29, 0.717) is 61.5 Å². The highest BCUT2D eigenvalue weighted by Gasteiger charge is 2.29. The Morgan fingerprint density at radius 1 is 0.971 bits per heavy atom. The van der Waals surface area contributed by atoms with Crippen LogP contribution in [0, 0.1) is 12.8 Å². The van der Waals surface area contributed by atoms with Crippen molar-refractivity contribution in [2.75, 3.05) is 32.8 Å². The third-order valence-electron chi connectivity index (χ3n) is 7.09. The second-order valence-electron chi connectivity index (χ2n) is 9.78. The summed E-state index contributed by atoms with van der Waals surface area (Å²) in [6, 6.07) is 12.7. The van der Waals surface area contributed by atoms with E-state index in [9.17, 15) is 18.3 Å². The molecule has 1 saturated heterocycles. The van der Waals surface area contributed by atoms with Gasteiger partial charge in [-0.1, -0.05) is 55.2 Å². The van der Waals surface area contributed by atoms with Crippen molar-refractivity contribution in [2.24, 2.45) is 5.92 Å². The Labute approximate surface area is 208 Å². The molecule has 190 valence electrons. The Morgan fingerprint density at radius 2 is 1.63 bits per heavy atom. The molecule has 1 aliphatic carbocycles. The van der Waals surface area contributed by atoms with Crippen LogP contribution in [0.1, 0.15) is 48.8 Å². The van der Waals surface area contributed by atoms with Gasteiger partial charge in [-0.05, 0) is 37.8 Å². The first kappa shape index (κ1) is 25.7. The Hall–Kier alpha value is -2.42. The van der Waals surface area contributed by atoms with Gasteiger partial charge >= 0.3 is 5.97 Å². The SMILES string of the molecule is Cc1ccc(S(=O)(=O)N2CCN(Cc3cccc(CC(=O)O)c3OCC3CCCCC3)CC2)cc1. The molecule has 0 unspecified atom stereocenters. The maximum atomic E-state index is 13.0. The second kappa shape index (κ2) is 11.5. The largest absolute Gasteiger partial charge is 0.493 e. The molecular formula is C27H36N2O5S. The number of nitrogens with zero attached hydrogens (tertiary/aromatic N) is 2. The minimum absolute atomic E-state index is 0.0730. The fraction of sp³-hybridized carbons (Fsp3) is 0.519. The Balaban J connectivity index is 1.43. The quantitative estimate of drug-likeness (QED) is 0.558. The Morgan fingerprint density at radius 3 is 2.29 bits per heavy atom. The van der Waals surface area contributed by atoms with E-state index in [4.69, 9.17) is 4.74 Å². The predicted molar refractivity (Wildman–Crippen MR) is 135 cm³/mol. The van der Waals surface area contributed by atoms with E-state index < -0.39 is 16.0 Å². The minimum Gasteiger partial charge on any atom is -0.493 e. The monoisotopic (exact) mass is 500 g/mol. The van der Waals surface area contributed by atoms with Gasteiger partial charge < -0.3 is 9.84 Å². The molecule has 7 nitrogen and oxygen atoms in total. The van der Waals surface area contributed by atoms with Crippen LogP contribution in [0.4, 0.5) is 0 Å². The fourth-order valence-corrected chi connectivity index (χ4v) is 6.46. The number of piperazine rings is 1. The van der Waals surface area contributed by atoms with E-state index in [1.807, 2.05) is 37.3 Å². The molecule has 0 spiro atoms. The zero-order chi connectivity index (χ0) is 24.8. The Bertz CT molecular complexity index is 1100. The van der Waals surface area contributed by atoms with Crippen molar-refractivity contribution in [1.82, 2.24) is 9.21 Å². The summed E-state index contributed by atoms with van der Waals surface area (Å²) in [7, 11) is -3.51. The van der Waals surface area contributed by atoms with E-state index in [1.165, 1.54) is 19.3 Å². The number of carboxylic acids is 1. The maximum absolute atomic E-state index is 13.0. The van der Waals surface area contributed by atoms with Crippen molar-refractivity contribution in [3.05, 3.63) is 59.2 Å². The van der Waals surface area contributed by atoms with Gasteiger partial charge in [-0.2, -0.15) is 4.31 Å². The highest BCUT2D eigenvalue weighted by atomic mass is 32.2. The lowest BCUT2D eigenvalue weighted by molar-refractivity contribution is -0.136. The highest BCUT2D eigenvalue weighted by molar-refractivity contribution is 7.89. The van der Waals surface area contributed by atoms with Crippen LogP contribution in [0.15, 0.2) is 47.4 Å². The summed E-state index contributed by atoms with van der Waals surface area (Å²) in [5.74, 6) is 0.333. The lowest BCUT2D eigenvalue weighted by atomic mass is 9.90. The van der Waals surface area contributed by atoms with Gasteiger partial charge in [0.25, 0.3) is 0 Å². The van der Waals surface area contributed by atoms with Crippen molar-refractivity contribution in [3.8, 4) is 5.75 Å². The van der Waals surface area contributed by atoms with Gasteiger partial charge in [-0.3, -0.25) is 9.69 Å². The van der Waals surface area contributed by atoms with Crippen LogP contribution in [0.2, 0.25) is 0 Å². The van der Waals surface area contributed by atoms with Gasteiger partial charge in [-0.25, -0.2) is 8.42 Å². The van der Waals surface area contributed by atoms with Gasteiger partial charge in [0.2, 0.25) is 10.0 Å². The summed E-state index contributed by atoms with van der Waals surface area (Å²) < 4.78 is 33.9. The molecule has 2 aromatic rings. The van der Waals surface area contributed by atoms with Gasteiger partial charge in [-0.15, -0.1) is 0 Å². The van der Waals surface area contributed by atoms with Crippen molar-refractivity contribution < 1.29 is 23.1 Å². The number of rotatable bonds is 9. The standard InChI is InChI=1S/C27H36N2O5S/c1-21-10-12-25(13-11-21)35(32,33)29-16-14-28(15-17-29)19-24-9-5-8-23(18-26(30)31)27(24)34-20-22-6-3-2-4-7-22/h5,8-13,22H,2-4,6-7,14-20H2,1H3,(H,30,31). The molecule has 0 bridgehead atoms. The van der Waals surface area contributed by atoms with Crippen molar-refractivity contribution in [1.29, 1.82) is 0 Å². The van der Waals surface area contributed by atoms with Crippen molar-refractivity contribution >= 4 is 16.0 Å². The Kier molecular flexibility index (Phi) is 8.46. The van der Waals surface area contributed by atoms with E-state index in [-0.39, 0.29) is 6.42 Å². The number of ether oxygens (including phenoxy) is 1. The average Bonchev–Trinajstić information content (AvgIpc) is 2.84. The number of para-hydroxylation sites is 1. The molecule has 1 heterocycles. The fourth-order valence-electron chi connectivity index (χ4n) is 5.03. The van der Waals surface area contributed by atoms with E-state index in [0.717, 1.165) is 24.0 Å². The lowest BCUT2D eigenvalue weighted by Gasteiger charge is -2.34. The number of carboxylic acid groups (broad SMARTS) is 1. The zero-order valence-electron chi connectivity index (χ0n) is 20.5. The normalized spacial score (nSPS) is 18.4. The lowest BCUT2D eigenvalue weighted by Crippen LogP contribution is -2.48. The maximum Gasteiger partial charge on any atom is 0.307 e. The predicted octanol–water partition coefficient (Wildman–Crippen LogP) is 4.09. The molecular weight excluding hydrogens is 464 g/mol. The molecule has 0 aromatic heterocycles. The first-order valence-corrected chi connectivity index (χ1v) is 14.0. The van der Waals surface area contributed by atoms with Crippen LogP contribution in [-0.2, 0) is 27.8 Å². The average molecular weight is 501 g/mol. The van der Waals surface area contributed by atoms with Crippen molar-refractivity contribution in [3.63, 3.8) is 0 Å². The molecule has 2 fully saturated rings. The molecule has 1 saturated carbocycles. The first-order chi connectivity index (χ1) is 16.8. The third kappa shape index (κ3) is 6.63. The smallest absolute Gasteiger partial charge is 0.307 e. The molecule has 35 heavy (non-hydrogen) atoms. The summed E-state index contributed by atoms with van der Waals surface area (Å²) in [5, 5.41) is 9.41. The summed E-state index contributed by atoms with van der Waals surface area (Å²) in [4.78, 5) is 14.0. The van der Waals surface area contributed by atoms with Crippen LogP contribution in [0.5, 0.6) is 5.75 Å². The van der Waals surface area contributed by atoms with Gasteiger partial charge in [0.1, 0.15) is 5.75 Å². The molecule has 1 aliphatic heterocycles. The molecule has 0 amide bonds. The minimum atomic E-state index is -3.51. The molecule has 2 aliphatic rings. The van der Waals surface area contributed by atoms with E-state index in [2.05, 4.69) is 4.90 Å². The first-order valence-electron chi connectivity index (χ1n) is 12.6. The van der Waals surface area contributed by atoms with Crippen LogP contribution in [0.25, 0.3) is 0 Å². The number of hydrogen-bond donors (Lipinski definition) is 1. The molecule has 4 rings (SSSR count). The number of sulfonamides is 1. The van der Waals surface area contributed by atoms with Crippen molar-refractivity contribution in [2.45, 2.75) is 56.9 Å². The highest BCUT2D eigenvalue weighted by Crippen LogP contribution is 2.30. The van der Waals surface area contributed by atoms with E-state index >= 15 is 0 Å². The molecule has 0 radical (unpaired) electrons. The van der Waals surface area contributed by atoms with E-state index in [1.54, 1.807) is 16.4 Å². The van der Waals surface area contributed by atoms with Crippen LogP contribution < -0.4 is 4.74 Å². The van der Waals surface area contributed by atoms with Gasteiger partial charge in [0.15, 0.2) is 0 Å². The summed E-state index contributed by atoms with van der Waals surface area (Å²) in [6.45, 7) is 5.21. The van der Waals surface area contributed by atoms with Crippen LogP contribution >= 0.6 is 0 Å². The van der Waals surface area contributed by atoms with Gasteiger partial charge in [0, 0.05) is 43.9 Å². The summed E-state index contributed by atoms with van der Waals surface area (Å²) in [6.07, 6.45) is 5.99. The van der Waals surface area contributed by atoms with Crippen LogP contribution in [0.3, 0.4) is 0 Å². The zero-order valence-corrected chi connectivity index (χ0v) is 21.3. The number of aliphatic carboxylic acids is 1. The summed E-state index contributed by atoms with van der Waals surface area (Å²) >= 11 is 0. The number of carbonyl (C=O) groups is 1. The molecule has 0 atom stereocenters. The third-order valence-corrected chi connectivity index (χ3v) is 9.00. The second-order valence-corrected chi connectivity index (χ2v) is 11.7. The molecule has 2 aromatic carbocycles. The van der Waals surface area contributed by atoms with Crippen LogP contribution in [-0.4, -0.2) is 61.5 Å². The number of hydrogen-bond acceptors (Lipinski definition) is 5. The number of aryl methyl sites for hydroxylation is 1. The topological polar surface area (TPSA) is 87.2 Å². The summed E-state index contributed by atoms with van der Waals surface area (Å²) in [5.41, 5.74) is 2.70. The molecule has 1 N–H and O–H groups in total. The number of benzene rings is 2. The molecule has 8 heteroatoms.